The number of anilines is 1. The first-order valence-electron chi connectivity index (χ1n) is 7.51. The third kappa shape index (κ3) is 4.12. The Morgan fingerprint density at radius 1 is 1.04 bits per heavy atom. The molecule has 0 bridgehead atoms. The molecule has 1 heterocycles. The van der Waals surface area contributed by atoms with E-state index < -0.39 is 16.1 Å². The lowest BCUT2D eigenvalue weighted by Gasteiger charge is -2.17. The fraction of sp³-hybridized carbons (Fsp3) is 0.235. The highest BCUT2D eigenvalue weighted by Gasteiger charge is 2.32. The zero-order valence-electron chi connectivity index (χ0n) is 13.2. The molecule has 3 rings (SSSR count). The molecule has 7 heteroatoms. The molecular weight excluding hydrogens is 328 g/mol. The predicted octanol–water partition coefficient (Wildman–Crippen LogP) is 2.13. The summed E-state index contributed by atoms with van der Waals surface area (Å²) >= 11 is 0. The number of para-hydroxylation sites is 1. The van der Waals surface area contributed by atoms with E-state index in [4.69, 9.17) is 4.74 Å². The van der Waals surface area contributed by atoms with Gasteiger partial charge in [0.05, 0.1) is 6.26 Å². The Labute approximate surface area is 141 Å². The predicted molar refractivity (Wildman–Crippen MR) is 91.7 cm³/mol. The largest absolute Gasteiger partial charge is 0.457 e. The molecule has 1 saturated heterocycles. The van der Waals surface area contributed by atoms with Gasteiger partial charge < -0.3 is 9.64 Å². The van der Waals surface area contributed by atoms with Crippen LogP contribution in [0.1, 0.15) is 6.42 Å². The van der Waals surface area contributed by atoms with E-state index in [1.165, 1.54) is 0 Å². The van der Waals surface area contributed by atoms with Gasteiger partial charge in [-0.15, -0.1) is 0 Å². The molecule has 0 saturated carbocycles. The van der Waals surface area contributed by atoms with Crippen LogP contribution in [0.3, 0.4) is 0 Å². The van der Waals surface area contributed by atoms with Gasteiger partial charge >= 0.3 is 0 Å². The van der Waals surface area contributed by atoms with Gasteiger partial charge in [-0.05, 0) is 36.4 Å². The maximum absolute atomic E-state index is 12.1. The number of hydrogen-bond donors (Lipinski definition) is 1. The van der Waals surface area contributed by atoms with E-state index in [9.17, 15) is 13.2 Å². The van der Waals surface area contributed by atoms with Crippen molar-refractivity contribution in [3.63, 3.8) is 0 Å². The van der Waals surface area contributed by atoms with E-state index >= 15 is 0 Å². The lowest BCUT2D eigenvalue weighted by Crippen LogP contribution is -2.36. The van der Waals surface area contributed by atoms with Crippen molar-refractivity contribution >= 4 is 21.6 Å². The summed E-state index contributed by atoms with van der Waals surface area (Å²) in [6.07, 6.45) is 1.26. The molecule has 0 spiro atoms. The SMILES string of the molecule is CS(=O)(=O)NC1CC(=O)N(c2ccc(Oc3ccccc3)cc2)C1. The monoisotopic (exact) mass is 346 g/mol. The van der Waals surface area contributed by atoms with E-state index in [1.54, 1.807) is 29.2 Å². The van der Waals surface area contributed by atoms with Gasteiger partial charge in [0.15, 0.2) is 0 Å². The van der Waals surface area contributed by atoms with Crippen LogP contribution in [0.5, 0.6) is 11.5 Å². The molecular formula is C17H18N2O4S. The maximum Gasteiger partial charge on any atom is 0.228 e. The molecule has 1 fully saturated rings. The van der Waals surface area contributed by atoms with Crippen molar-refractivity contribution < 1.29 is 17.9 Å². The number of carbonyl (C=O) groups is 1. The van der Waals surface area contributed by atoms with Crippen molar-refractivity contribution in [2.75, 3.05) is 17.7 Å². The number of carbonyl (C=O) groups excluding carboxylic acids is 1. The van der Waals surface area contributed by atoms with Gasteiger partial charge in [0, 0.05) is 24.7 Å². The molecule has 126 valence electrons. The summed E-state index contributed by atoms with van der Waals surface area (Å²) in [5.41, 5.74) is 0.721. The van der Waals surface area contributed by atoms with Gasteiger partial charge in [0.25, 0.3) is 0 Å². The number of rotatable bonds is 5. The second kappa shape index (κ2) is 6.62. The van der Waals surface area contributed by atoms with Crippen LogP contribution in [0.4, 0.5) is 5.69 Å². The number of amides is 1. The fourth-order valence-electron chi connectivity index (χ4n) is 2.66. The Balaban J connectivity index is 1.68. The van der Waals surface area contributed by atoms with Gasteiger partial charge in [-0.2, -0.15) is 0 Å². The average Bonchev–Trinajstić information content (AvgIpc) is 2.87. The Kier molecular flexibility index (Phi) is 4.55. The first kappa shape index (κ1) is 16.5. The molecule has 2 aromatic rings. The standard InChI is InChI=1S/C17H18N2O4S/c1-24(21,22)18-13-11-17(20)19(12-13)14-7-9-16(10-8-14)23-15-5-3-2-4-6-15/h2-10,13,18H,11-12H2,1H3. The van der Waals surface area contributed by atoms with Crippen LogP contribution >= 0.6 is 0 Å². The van der Waals surface area contributed by atoms with Crippen molar-refractivity contribution in [1.29, 1.82) is 0 Å². The topological polar surface area (TPSA) is 75.7 Å². The van der Waals surface area contributed by atoms with Crippen molar-refractivity contribution in [2.24, 2.45) is 0 Å². The third-order valence-corrected chi connectivity index (χ3v) is 4.39. The number of nitrogens with one attached hydrogen (secondary N) is 1. The number of nitrogens with zero attached hydrogens (tertiary/aromatic N) is 1. The minimum atomic E-state index is -3.33. The number of benzene rings is 2. The molecule has 0 aliphatic carbocycles. The van der Waals surface area contributed by atoms with E-state index in [0.717, 1.165) is 17.7 Å². The quantitative estimate of drug-likeness (QED) is 0.900. The first-order valence-corrected chi connectivity index (χ1v) is 9.40. The number of hydrogen-bond acceptors (Lipinski definition) is 4. The first-order chi connectivity index (χ1) is 11.4. The normalized spacial score (nSPS) is 18.0. The Bertz CT molecular complexity index is 819. The van der Waals surface area contributed by atoms with E-state index in [1.807, 2.05) is 30.3 Å². The molecule has 1 aliphatic heterocycles. The number of sulfonamides is 1. The van der Waals surface area contributed by atoms with Crippen molar-refractivity contribution in [1.82, 2.24) is 4.72 Å². The Morgan fingerprint density at radius 3 is 2.29 bits per heavy atom. The van der Waals surface area contributed by atoms with E-state index in [-0.39, 0.29) is 12.3 Å². The molecule has 2 aromatic carbocycles. The lowest BCUT2D eigenvalue weighted by molar-refractivity contribution is -0.117. The van der Waals surface area contributed by atoms with Gasteiger partial charge in [0.1, 0.15) is 11.5 Å². The number of ether oxygens (including phenoxy) is 1. The highest BCUT2D eigenvalue weighted by atomic mass is 32.2. The molecule has 0 aromatic heterocycles. The minimum absolute atomic E-state index is 0.104. The molecule has 1 N–H and O–H groups in total. The second-order valence-electron chi connectivity index (χ2n) is 5.70. The zero-order chi connectivity index (χ0) is 17.2. The van der Waals surface area contributed by atoms with E-state index in [0.29, 0.717) is 12.3 Å². The van der Waals surface area contributed by atoms with Crippen molar-refractivity contribution in [3.8, 4) is 11.5 Å². The fourth-order valence-corrected chi connectivity index (χ4v) is 3.42. The Morgan fingerprint density at radius 2 is 1.67 bits per heavy atom. The van der Waals surface area contributed by atoms with Crippen LogP contribution in [0.25, 0.3) is 0 Å². The molecule has 1 unspecified atom stereocenters. The highest BCUT2D eigenvalue weighted by Crippen LogP contribution is 2.27. The molecule has 0 radical (unpaired) electrons. The molecule has 24 heavy (non-hydrogen) atoms. The minimum Gasteiger partial charge on any atom is -0.457 e. The summed E-state index contributed by atoms with van der Waals surface area (Å²) in [6.45, 7) is 0.324. The van der Waals surface area contributed by atoms with Crippen LogP contribution in [0.2, 0.25) is 0 Å². The summed E-state index contributed by atoms with van der Waals surface area (Å²) in [4.78, 5) is 13.7. The average molecular weight is 346 g/mol. The van der Waals surface area contributed by atoms with Crippen molar-refractivity contribution in [2.45, 2.75) is 12.5 Å². The molecule has 1 amide bonds. The van der Waals surface area contributed by atoms with Gasteiger partial charge in [-0.1, -0.05) is 18.2 Å². The lowest BCUT2D eigenvalue weighted by atomic mass is 10.2. The third-order valence-electron chi connectivity index (χ3n) is 3.63. The Hall–Kier alpha value is -2.38. The van der Waals surface area contributed by atoms with Crippen LogP contribution < -0.4 is 14.4 Å². The van der Waals surface area contributed by atoms with Gasteiger partial charge in [0.2, 0.25) is 15.9 Å². The van der Waals surface area contributed by atoms with Crippen LogP contribution in [-0.4, -0.2) is 33.2 Å². The summed E-state index contributed by atoms with van der Waals surface area (Å²) in [5, 5.41) is 0. The zero-order valence-corrected chi connectivity index (χ0v) is 14.0. The smallest absolute Gasteiger partial charge is 0.228 e. The van der Waals surface area contributed by atoms with Crippen molar-refractivity contribution in [3.05, 3.63) is 54.6 Å². The van der Waals surface area contributed by atoms with Crippen LogP contribution in [0.15, 0.2) is 54.6 Å². The summed E-state index contributed by atoms with van der Waals surface area (Å²) in [6, 6.07) is 16.2. The molecule has 1 atom stereocenters. The van der Waals surface area contributed by atoms with Crippen LogP contribution in [-0.2, 0) is 14.8 Å². The second-order valence-corrected chi connectivity index (χ2v) is 7.48. The molecule has 6 nitrogen and oxygen atoms in total. The van der Waals surface area contributed by atoms with E-state index in [2.05, 4.69) is 4.72 Å². The van der Waals surface area contributed by atoms with Crippen LogP contribution in [0, 0.1) is 0 Å². The summed E-state index contributed by atoms with van der Waals surface area (Å²) < 4.78 is 30.8. The highest BCUT2D eigenvalue weighted by molar-refractivity contribution is 7.88. The van der Waals surface area contributed by atoms with Gasteiger partial charge in [-0.25, -0.2) is 13.1 Å². The van der Waals surface area contributed by atoms with Gasteiger partial charge in [-0.3, -0.25) is 4.79 Å². The summed E-state index contributed by atoms with van der Waals surface area (Å²) in [5.74, 6) is 1.30. The molecule has 1 aliphatic rings. The maximum atomic E-state index is 12.1. The summed E-state index contributed by atoms with van der Waals surface area (Å²) in [7, 11) is -3.33.